The Morgan fingerprint density at radius 3 is 2.83 bits per heavy atom. The van der Waals surface area contributed by atoms with Gasteiger partial charge < -0.3 is 10.3 Å². The quantitative estimate of drug-likeness (QED) is 0.594. The van der Waals surface area contributed by atoms with Crippen molar-refractivity contribution in [2.75, 3.05) is 13.1 Å². The third-order valence-corrected chi connectivity index (χ3v) is 5.81. The molecule has 0 atom stereocenters. The van der Waals surface area contributed by atoms with E-state index in [2.05, 4.69) is 10.3 Å². The molecule has 1 fully saturated rings. The van der Waals surface area contributed by atoms with Crippen molar-refractivity contribution >= 4 is 45.8 Å². The number of fused-ring (bicyclic) bond motifs is 1. The number of thioether (sulfide) groups is 1. The molecule has 0 bridgehead atoms. The number of amides is 3. The number of nitrogens with one attached hydrogen (secondary N) is 2. The number of imide groups is 1. The van der Waals surface area contributed by atoms with Crippen LogP contribution in [0.1, 0.15) is 16.7 Å². The molecule has 0 spiro atoms. The monoisotopic (exact) mass is 419 g/mol. The third kappa shape index (κ3) is 4.31. The van der Waals surface area contributed by atoms with Crippen LogP contribution in [0.4, 0.5) is 4.79 Å². The molecular formula is C23H21N3O3S. The maximum Gasteiger partial charge on any atom is 0.294 e. The molecule has 3 amide bonds. The van der Waals surface area contributed by atoms with E-state index in [0.717, 1.165) is 44.3 Å². The molecule has 2 N–H and O–H groups in total. The Kier molecular flexibility index (Phi) is 5.72. The maximum atomic E-state index is 12.6. The van der Waals surface area contributed by atoms with Crippen molar-refractivity contribution in [2.45, 2.75) is 13.3 Å². The SMILES string of the molecule is Cc1cccc(/C=C2\SC(=O)N(CC(=O)NCCc3c[nH]c4ccccc34)C2=O)c1. The van der Waals surface area contributed by atoms with Gasteiger partial charge in [-0.05, 0) is 48.4 Å². The van der Waals surface area contributed by atoms with Crippen molar-refractivity contribution in [3.63, 3.8) is 0 Å². The first-order chi connectivity index (χ1) is 14.5. The van der Waals surface area contributed by atoms with Crippen LogP contribution >= 0.6 is 11.8 Å². The van der Waals surface area contributed by atoms with Crippen molar-refractivity contribution < 1.29 is 14.4 Å². The van der Waals surface area contributed by atoms with E-state index in [1.165, 1.54) is 0 Å². The van der Waals surface area contributed by atoms with E-state index in [9.17, 15) is 14.4 Å². The molecule has 0 radical (unpaired) electrons. The summed E-state index contributed by atoms with van der Waals surface area (Å²) in [6, 6.07) is 15.6. The van der Waals surface area contributed by atoms with Gasteiger partial charge in [0, 0.05) is 23.6 Å². The summed E-state index contributed by atoms with van der Waals surface area (Å²) in [5.41, 5.74) is 4.08. The van der Waals surface area contributed by atoms with Gasteiger partial charge in [-0.3, -0.25) is 19.3 Å². The number of nitrogens with zero attached hydrogens (tertiary/aromatic N) is 1. The second kappa shape index (κ2) is 8.59. The smallest absolute Gasteiger partial charge is 0.294 e. The maximum absolute atomic E-state index is 12.6. The van der Waals surface area contributed by atoms with Gasteiger partial charge in [0.1, 0.15) is 6.54 Å². The zero-order valence-corrected chi connectivity index (χ0v) is 17.3. The topological polar surface area (TPSA) is 82.3 Å². The number of carbonyl (C=O) groups is 3. The number of aromatic nitrogens is 1. The molecule has 0 aliphatic carbocycles. The molecule has 30 heavy (non-hydrogen) atoms. The highest BCUT2D eigenvalue weighted by atomic mass is 32.2. The van der Waals surface area contributed by atoms with Gasteiger partial charge in [-0.1, -0.05) is 48.0 Å². The summed E-state index contributed by atoms with van der Waals surface area (Å²) in [6.45, 7) is 2.11. The molecule has 152 valence electrons. The van der Waals surface area contributed by atoms with Crippen LogP contribution < -0.4 is 5.32 Å². The Morgan fingerprint density at radius 2 is 2.00 bits per heavy atom. The van der Waals surface area contributed by atoms with Crippen LogP contribution in [0.5, 0.6) is 0 Å². The molecule has 7 heteroatoms. The van der Waals surface area contributed by atoms with Gasteiger partial charge in [-0.25, -0.2) is 0 Å². The summed E-state index contributed by atoms with van der Waals surface area (Å²) in [6.07, 6.45) is 4.28. The van der Waals surface area contributed by atoms with E-state index < -0.39 is 11.1 Å². The average molecular weight is 420 g/mol. The Balaban J connectivity index is 1.34. The molecule has 1 aliphatic rings. The molecule has 1 aliphatic heterocycles. The molecule has 1 aromatic heterocycles. The van der Waals surface area contributed by atoms with Gasteiger partial charge in [-0.15, -0.1) is 0 Å². The van der Waals surface area contributed by atoms with Gasteiger partial charge in [0.2, 0.25) is 5.91 Å². The highest BCUT2D eigenvalue weighted by Crippen LogP contribution is 2.32. The minimum Gasteiger partial charge on any atom is -0.361 e. The lowest BCUT2D eigenvalue weighted by Gasteiger charge is -2.12. The summed E-state index contributed by atoms with van der Waals surface area (Å²) in [5.74, 6) is -0.785. The number of para-hydroxylation sites is 1. The molecular weight excluding hydrogens is 398 g/mol. The Hall–Kier alpha value is -3.32. The average Bonchev–Trinajstić information content (AvgIpc) is 3.24. The van der Waals surface area contributed by atoms with E-state index in [1.807, 2.05) is 61.7 Å². The first-order valence-electron chi connectivity index (χ1n) is 9.65. The van der Waals surface area contributed by atoms with Crippen LogP contribution in [0, 0.1) is 6.92 Å². The van der Waals surface area contributed by atoms with Crippen molar-refractivity contribution in [2.24, 2.45) is 0 Å². The molecule has 2 heterocycles. The second-order valence-electron chi connectivity index (χ2n) is 7.14. The molecule has 1 saturated heterocycles. The third-order valence-electron chi connectivity index (χ3n) is 4.91. The minimum absolute atomic E-state index is 0.274. The fraction of sp³-hybridized carbons (Fsp3) is 0.174. The van der Waals surface area contributed by atoms with Crippen LogP contribution in [0.15, 0.2) is 59.6 Å². The van der Waals surface area contributed by atoms with Gasteiger partial charge in [0.25, 0.3) is 11.1 Å². The number of aromatic amines is 1. The van der Waals surface area contributed by atoms with E-state index in [4.69, 9.17) is 0 Å². The van der Waals surface area contributed by atoms with Gasteiger partial charge >= 0.3 is 0 Å². The van der Waals surface area contributed by atoms with E-state index in [0.29, 0.717) is 17.9 Å². The second-order valence-corrected chi connectivity index (χ2v) is 8.13. The fourth-order valence-corrected chi connectivity index (χ4v) is 4.26. The van der Waals surface area contributed by atoms with Crippen LogP contribution in [0.2, 0.25) is 0 Å². The van der Waals surface area contributed by atoms with Gasteiger partial charge in [-0.2, -0.15) is 0 Å². The normalized spacial score (nSPS) is 15.4. The Labute approximate surface area is 178 Å². The standard InChI is InChI=1S/C23H21N3O3S/c1-15-5-4-6-16(11-15)12-20-22(28)26(23(29)30-20)14-21(27)24-10-9-17-13-25-19-8-3-2-7-18(17)19/h2-8,11-13,25H,9-10,14H2,1H3,(H,24,27)/b20-12-. The first-order valence-corrected chi connectivity index (χ1v) is 10.5. The Bertz CT molecular complexity index is 1170. The van der Waals surface area contributed by atoms with Crippen molar-refractivity contribution in [1.82, 2.24) is 15.2 Å². The highest BCUT2D eigenvalue weighted by Gasteiger charge is 2.36. The molecule has 0 saturated carbocycles. The van der Waals surface area contributed by atoms with Crippen LogP contribution in [-0.4, -0.2) is 40.0 Å². The fourth-order valence-electron chi connectivity index (χ4n) is 3.42. The van der Waals surface area contributed by atoms with Gasteiger partial charge in [0.05, 0.1) is 4.91 Å². The number of carbonyl (C=O) groups excluding carboxylic acids is 3. The summed E-state index contributed by atoms with van der Waals surface area (Å²) < 4.78 is 0. The summed E-state index contributed by atoms with van der Waals surface area (Å²) in [7, 11) is 0. The van der Waals surface area contributed by atoms with Crippen molar-refractivity contribution in [1.29, 1.82) is 0 Å². The number of aryl methyl sites for hydroxylation is 1. The van der Waals surface area contributed by atoms with Crippen LogP contribution in [0.3, 0.4) is 0 Å². The zero-order valence-electron chi connectivity index (χ0n) is 16.5. The number of benzene rings is 2. The molecule has 0 unspecified atom stereocenters. The van der Waals surface area contributed by atoms with Crippen molar-refractivity contribution in [3.05, 3.63) is 76.3 Å². The van der Waals surface area contributed by atoms with E-state index >= 15 is 0 Å². The molecule has 3 aromatic rings. The predicted octanol–water partition coefficient (Wildman–Crippen LogP) is 3.87. The molecule has 4 rings (SSSR count). The number of hydrogen-bond donors (Lipinski definition) is 2. The number of rotatable bonds is 6. The van der Waals surface area contributed by atoms with E-state index in [-0.39, 0.29) is 12.5 Å². The largest absolute Gasteiger partial charge is 0.361 e. The van der Waals surface area contributed by atoms with Crippen molar-refractivity contribution in [3.8, 4) is 0 Å². The lowest BCUT2D eigenvalue weighted by Crippen LogP contribution is -2.40. The van der Waals surface area contributed by atoms with Gasteiger partial charge in [0.15, 0.2) is 0 Å². The number of H-pyrrole nitrogens is 1. The summed E-state index contributed by atoms with van der Waals surface area (Å²) >= 11 is 0.862. The first kappa shape index (κ1) is 20.0. The lowest BCUT2D eigenvalue weighted by molar-refractivity contribution is -0.129. The summed E-state index contributed by atoms with van der Waals surface area (Å²) in [4.78, 5) is 41.6. The Morgan fingerprint density at radius 1 is 1.17 bits per heavy atom. The van der Waals surface area contributed by atoms with Crippen LogP contribution in [0.25, 0.3) is 17.0 Å². The molecule has 2 aromatic carbocycles. The number of hydrogen-bond acceptors (Lipinski definition) is 4. The van der Waals surface area contributed by atoms with E-state index in [1.54, 1.807) is 6.08 Å². The highest BCUT2D eigenvalue weighted by molar-refractivity contribution is 8.18. The molecule has 6 nitrogen and oxygen atoms in total. The lowest BCUT2D eigenvalue weighted by atomic mass is 10.1. The zero-order chi connectivity index (χ0) is 21.1. The summed E-state index contributed by atoms with van der Waals surface area (Å²) in [5, 5.41) is 3.50. The minimum atomic E-state index is -0.432. The van der Waals surface area contributed by atoms with Crippen LogP contribution in [-0.2, 0) is 16.0 Å². The predicted molar refractivity (Wildman–Crippen MR) is 119 cm³/mol.